The third-order valence-electron chi connectivity index (χ3n) is 4.95. The molecular weight excluding hydrogens is 344 g/mol. The molecule has 2 aliphatic rings. The number of hydrogen-bond donors (Lipinski definition) is 3. The predicted octanol–water partition coefficient (Wildman–Crippen LogP) is 2.79. The van der Waals surface area contributed by atoms with E-state index in [-0.39, 0.29) is 18.0 Å². The van der Waals surface area contributed by atoms with Crippen molar-refractivity contribution in [2.24, 2.45) is 5.92 Å². The van der Waals surface area contributed by atoms with Crippen LogP contribution in [0.5, 0.6) is 0 Å². The van der Waals surface area contributed by atoms with Crippen LogP contribution in [0.1, 0.15) is 52.9 Å². The molecule has 1 heterocycles. The first-order valence-electron chi connectivity index (χ1n) is 8.52. The fourth-order valence-corrected chi connectivity index (χ4v) is 4.89. The molecule has 0 radical (unpaired) electrons. The van der Waals surface area contributed by atoms with Crippen LogP contribution < -0.4 is 10.6 Å². The van der Waals surface area contributed by atoms with Crippen molar-refractivity contribution in [3.8, 4) is 0 Å². The molecule has 3 rings (SSSR count). The summed E-state index contributed by atoms with van der Waals surface area (Å²) in [6, 6.07) is -0.396. The number of esters is 1. The predicted molar refractivity (Wildman–Crippen MR) is 93.2 cm³/mol. The number of carbonyl (C=O) groups is 3. The van der Waals surface area contributed by atoms with E-state index in [1.54, 1.807) is 0 Å². The van der Waals surface area contributed by atoms with Gasteiger partial charge in [0.15, 0.2) is 0 Å². The lowest BCUT2D eigenvalue weighted by atomic mass is 9.86. The van der Waals surface area contributed by atoms with Crippen molar-refractivity contribution in [3.05, 3.63) is 16.0 Å². The number of thiophene rings is 1. The van der Waals surface area contributed by atoms with Crippen molar-refractivity contribution >= 4 is 34.3 Å². The molecule has 136 valence electrons. The zero-order valence-electron chi connectivity index (χ0n) is 14.1. The Hall–Kier alpha value is -2.09. The maximum absolute atomic E-state index is 12.3. The molecule has 0 aliphatic heterocycles. The molecule has 0 spiro atoms. The van der Waals surface area contributed by atoms with Gasteiger partial charge in [-0.3, -0.25) is 10.1 Å². The summed E-state index contributed by atoms with van der Waals surface area (Å²) in [5.41, 5.74) is 1.47. The van der Waals surface area contributed by atoms with Gasteiger partial charge in [-0.1, -0.05) is 0 Å². The topological polar surface area (TPSA) is 105 Å². The van der Waals surface area contributed by atoms with Crippen molar-refractivity contribution in [2.75, 3.05) is 12.4 Å². The number of ether oxygens (including phenoxy) is 1. The molecule has 25 heavy (non-hydrogen) atoms. The van der Waals surface area contributed by atoms with E-state index in [1.165, 1.54) is 18.4 Å². The fourth-order valence-electron chi connectivity index (χ4n) is 3.62. The van der Waals surface area contributed by atoms with Gasteiger partial charge in [-0.25, -0.2) is 9.59 Å². The van der Waals surface area contributed by atoms with Gasteiger partial charge in [0.05, 0.1) is 18.6 Å². The molecule has 0 unspecified atom stereocenters. The van der Waals surface area contributed by atoms with Crippen LogP contribution in [0.3, 0.4) is 0 Å². The second kappa shape index (κ2) is 7.43. The summed E-state index contributed by atoms with van der Waals surface area (Å²) >= 11 is 1.44. The lowest BCUT2D eigenvalue weighted by Crippen LogP contribution is -2.41. The number of urea groups is 1. The molecule has 0 bridgehead atoms. The van der Waals surface area contributed by atoms with Gasteiger partial charge in [0.2, 0.25) is 0 Å². The number of aryl methyl sites for hydroxylation is 1. The number of hydrogen-bond acceptors (Lipinski definition) is 5. The molecule has 0 atom stereocenters. The number of carboxylic acids is 1. The van der Waals surface area contributed by atoms with E-state index in [0.717, 1.165) is 29.7 Å². The maximum Gasteiger partial charge on any atom is 0.341 e. The van der Waals surface area contributed by atoms with E-state index < -0.39 is 11.9 Å². The molecule has 8 heteroatoms. The number of carbonyl (C=O) groups excluding carboxylic acids is 2. The second-order valence-electron chi connectivity index (χ2n) is 6.54. The van der Waals surface area contributed by atoms with Crippen molar-refractivity contribution in [2.45, 2.75) is 51.0 Å². The molecule has 0 aromatic carbocycles. The highest BCUT2D eigenvalue weighted by Gasteiger charge is 2.29. The monoisotopic (exact) mass is 366 g/mol. The summed E-state index contributed by atoms with van der Waals surface area (Å²) in [5, 5.41) is 15.2. The minimum Gasteiger partial charge on any atom is -0.481 e. The number of rotatable bonds is 4. The highest BCUT2D eigenvalue weighted by atomic mass is 32.1. The summed E-state index contributed by atoms with van der Waals surface area (Å²) in [4.78, 5) is 36.5. The molecule has 3 N–H and O–H groups in total. The molecule has 1 aromatic heterocycles. The first-order chi connectivity index (χ1) is 12.0. The fraction of sp³-hybridized carbons (Fsp3) is 0.588. The Bertz CT molecular complexity index is 691. The van der Waals surface area contributed by atoms with Gasteiger partial charge in [0.1, 0.15) is 5.00 Å². The van der Waals surface area contributed by atoms with Gasteiger partial charge >= 0.3 is 18.0 Å². The lowest BCUT2D eigenvalue weighted by molar-refractivity contribution is -0.142. The summed E-state index contributed by atoms with van der Waals surface area (Å²) in [7, 11) is 1.34. The summed E-state index contributed by atoms with van der Waals surface area (Å²) in [5.74, 6) is -1.50. The molecule has 2 aliphatic carbocycles. The van der Waals surface area contributed by atoms with Gasteiger partial charge in [-0.2, -0.15) is 0 Å². The number of fused-ring (bicyclic) bond motifs is 1. The number of anilines is 1. The zero-order valence-corrected chi connectivity index (χ0v) is 14.9. The van der Waals surface area contributed by atoms with Crippen molar-refractivity contribution < 1.29 is 24.2 Å². The highest BCUT2D eigenvalue weighted by molar-refractivity contribution is 7.17. The Morgan fingerprint density at radius 3 is 2.52 bits per heavy atom. The van der Waals surface area contributed by atoms with Crippen molar-refractivity contribution in [1.29, 1.82) is 0 Å². The molecule has 2 amide bonds. The van der Waals surface area contributed by atoms with E-state index in [0.29, 0.717) is 36.2 Å². The van der Waals surface area contributed by atoms with Crippen LogP contribution in [0.4, 0.5) is 9.80 Å². The first kappa shape index (κ1) is 17.7. The Morgan fingerprint density at radius 2 is 1.88 bits per heavy atom. The molecular formula is C17H22N2O5S. The Labute approximate surface area is 149 Å². The molecule has 1 aromatic rings. The number of aliphatic carboxylic acids is 1. The summed E-state index contributed by atoms with van der Waals surface area (Å²) in [6.07, 6.45) is 5.21. The van der Waals surface area contributed by atoms with Crippen LogP contribution >= 0.6 is 11.3 Å². The zero-order chi connectivity index (χ0) is 18.0. The van der Waals surface area contributed by atoms with Crippen molar-refractivity contribution in [3.63, 3.8) is 0 Å². The van der Waals surface area contributed by atoms with E-state index >= 15 is 0 Å². The molecule has 7 nitrogen and oxygen atoms in total. The average Bonchev–Trinajstić information content (AvgIpc) is 3.15. The number of carboxylic acid groups (broad SMARTS) is 1. The van der Waals surface area contributed by atoms with Crippen LogP contribution in [-0.2, 0) is 22.4 Å². The maximum atomic E-state index is 12.3. The average molecular weight is 366 g/mol. The van der Waals surface area contributed by atoms with Gasteiger partial charge in [-0.05, 0) is 50.5 Å². The Kier molecular flexibility index (Phi) is 5.27. The number of methoxy groups -OCH3 is 1. The molecule has 1 saturated carbocycles. The highest BCUT2D eigenvalue weighted by Crippen LogP contribution is 2.39. The Morgan fingerprint density at radius 1 is 1.16 bits per heavy atom. The normalized spacial score (nSPS) is 22.1. The quantitative estimate of drug-likeness (QED) is 0.711. The SMILES string of the molecule is COC(=O)c1c(NC(=O)NC2CCC(C(=O)O)CC2)sc2c1CCC2. The summed E-state index contributed by atoms with van der Waals surface area (Å²) in [6.45, 7) is 0. The first-order valence-corrected chi connectivity index (χ1v) is 9.34. The van der Waals surface area contributed by atoms with Crippen LogP contribution in [0, 0.1) is 5.92 Å². The minimum atomic E-state index is -0.765. The minimum absolute atomic E-state index is 0.0380. The van der Waals surface area contributed by atoms with Gasteiger partial charge in [0, 0.05) is 10.9 Å². The summed E-state index contributed by atoms with van der Waals surface area (Å²) < 4.78 is 4.87. The number of amides is 2. The molecule has 0 saturated heterocycles. The van der Waals surface area contributed by atoms with E-state index in [9.17, 15) is 14.4 Å². The van der Waals surface area contributed by atoms with Crippen LogP contribution in [0.15, 0.2) is 0 Å². The largest absolute Gasteiger partial charge is 0.481 e. The van der Waals surface area contributed by atoms with Gasteiger partial charge in [-0.15, -0.1) is 11.3 Å². The van der Waals surface area contributed by atoms with Crippen molar-refractivity contribution in [1.82, 2.24) is 5.32 Å². The van der Waals surface area contributed by atoms with Gasteiger partial charge < -0.3 is 15.2 Å². The molecule has 1 fully saturated rings. The third kappa shape index (κ3) is 3.78. The van der Waals surface area contributed by atoms with Crippen LogP contribution in [0.2, 0.25) is 0 Å². The van der Waals surface area contributed by atoms with Gasteiger partial charge in [0.25, 0.3) is 0 Å². The standard InChI is InChI=1S/C17H22N2O5S/c1-24-16(22)13-11-3-2-4-12(11)25-14(13)19-17(23)18-10-7-5-9(6-8-10)15(20)21/h9-10H,2-8H2,1H3,(H,20,21)(H2,18,19,23). The lowest BCUT2D eigenvalue weighted by Gasteiger charge is -2.26. The Balaban J connectivity index is 1.62. The third-order valence-corrected chi connectivity index (χ3v) is 6.16. The smallest absolute Gasteiger partial charge is 0.341 e. The number of nitrogens with one attached hydrogen (secondary N) is 2. The van der Waals surface area contributed by atoms with E-state index in [4.69, 9.17) is 9.84 Å². The van der Waals surface area contributed by atoms with Crippen LogP contribution in [-0.4, -0.2) is 36.2 Å². The second-order valence-corrected chi connectivity index (χ2v) is 7.64. The van der Waals surface area contributed by atoms with Crippen LogP contribution in [0.25, 0.3) is 0 Å². The van der Waals surface area contributed by atoms with E-state index in [1.807, 2.05) is 0 Å². The van der Waals surface area contributed by atoms with E-state index in [2.05, 4.69) is 10.6 Å².